The van der Waals surface area contributed by atoms with Crippen molar-refractivity contribution in [1.82, 2.24) is 4.57 Å². The SMILES string of the molecule is COc1ccc([C@@H]2c3sc(=O)n(CC(=O)Nc4ccc(Cl)cc4)c3S[C@H]3C(=O)N(c4ccc(F)cc4)C(=O)[C@@H]23)cc1. The standard InChI is InChI=1S/C29H21ClFN3O5S2/c1-39-20-12-2-15(3-13-20)22-23-24(27(37)34(26(23)36)19-10-6-17(31)7-11-19)40-28-25(22)41-29(38)33(28)14-21(35)32-18-8-4-16(30)5-9-18/h2-13,22-24H,14H2,1H3,(H,32,35)/t22-,23-,24+/m0/s1. The summed E-state index contributed by atoms with van der Waals surface area (Å²) < 4.78 is 20.3. The molecule has 41 heavy (non-hydrogen) atoms. The van der Waals surface area contributed by atoms with Crippen molar-refractivity contribution in [2.45, 2.75) is 22.7 Å². The number of rotatable bonds is 6. The zero-order chi connectivity index (χ0) is 28.8. The second-order valence-electron chi connectivity index (χ2n) is 9.48. The summed E-state index contributed by atoms with van der Waals surface area (Å²) in [4.78, 5) is 55.1. The van der Waals surface area contributed by atoms with E-state index in [0.29, 0.717) is 26.4 Å². The van der Waals surface area contributed by atoms with Crippen LogP contribution in [0, 0.1) is 11.7 Å². The van der Waals surface area contributed by atoms with Crippen molar-refractivity contribution in [1.29, 1.82) is 0 Å². The van der Waals surface area contributed by atoms with Crippen LogP contribution in [0.25, 0.3) is 0 Å². The maximum absolute atomic E-state index is 13.9. The summed E-state index contributed by atoms with van der Waals surface area (Å²) in [5.74, 6) is -2.63. The first-order valence-corrected chi connectivity index (χ1v) is 14.6. The van der Waals surface area contributed by atoms with Crippen molar-refractivity contribution in [3.63, 3.8) is 0 Å². The average molecular weight is 610 g/mol. The Morgan fingerprint density at radius 3 is 2.32 bits per heavy atom. The Labute approximate surface area is 246 Å². The maximum atomic E-state index is 13.9. The molecule has 1 fully saturated rings. The molecule has 3 amide bonds. The lowest BCUT2D eigenvalue weighted by Gasteiger charge is -2.30. The Morgan fingerprint density at radius 2 is 1.66 bits per heavy atom. The third-order valence-corrected chi connectivity index (χ3v) is 9.89. The molecule has 1 aromatic heterocycles. The molecule has 2 aliphatic heterocycles. The van der Waals surface area contributed by atoms with Crippen LogP contribution in [0.1, 0.15) is 16.4 Å². The Hall–Kier alpha value is -3.93. The molecule has 208 valence electrons. The van der Waals surface area contributed by atoms with Crippen LogP contribution >= 0.6 is 34.7 Å². The van der Waals surface area contributed by atoms with Crippen LogP contribution in [0.15, 0.2) is 82.6 Å². The number of nitrogens with zero attached hydrogens (tertiary/aromatic N) is 2. The molecule has 4 aromatic rings. The minimum Gasteiger partial charge on any atom is -0.497 e. The fraction of sp³-hybridized carbons (Fsp3) is 0.172. The molecular formula is C29H21ClFN3O5S2. The summed E-state index contributed by atoms with van der Waals surface area (Å²) in [5.41, 5.74) is 1.52. The predicted octanol–water partition coefficient (Wildman–Crippen LogP) is 5.15. The van der Waals surface area contributed by atoms with Crippen molar-refractivity contribution in [2.75, 3.05) is 17.3 Å². The molecule has 1 saturated heterocycles. The second-order valence-corrected chi connectivity index (χ2v) is 12.0. The molecule has 0 radical (unpaired) electrons. The van der Waals surface area contributed by atoms with Crippen LogP contribution in [-0.4, -0.2) is 34.6 Å². The quantitative estimate of drug-likeness (QED) is 0.304. The van der Waals surface area contributed by atoms with Gasteiger partial charge in [-0.15, -0.1) is 0 Å². The smallest absolute Gasteiger partial charge is 0.308 e. The van der Waals surface area contributed by atoms with Gasteiger partial charge in [-0.1, -0.05) is 46.8 Å². The highest BCUT2D eigenvalue weighted by Crippen LogP contribution is 2.54. The Kier molecular flexibility index (Phi) is 7.18. The molecule has 0 aliphatic carbocycles. The number of hydrogen-bond acceptors (Lipinski definition) is 7. The summed E-state index contributed by atoms with van der Waals surface area (Å²) in [6, 6.07) is 18.9. The molecule has 12 heteroatoms. The zero-order valence-electron chi connectivity index (χ0n) is 21.4. The number of hydrogen-bond donors (Lipinski definition) is 1. The number of amides is 3. The number of thiazole rings is 1. The molecule has 3 aromatic carbocycles. The lowest BCUT2D eigenvalue weighted by molar-refractivity contribution is -0.122. The number of carbonyl (C=O) groups is 3. The van der Waals surface area contributed by atoms with Gasteiger partial charge in [0.1, 0.15) is 23.4 Å². The average Bonchev–Trinajstić information content (AvgIpc) is 3.41. The summed E-state index contributed by atoms with van der Waals surface area (Å²) >= 11 is 8.00. The molecule has 8 nitrogen and oxygen atoms in total. The van der Waals surface area contributed by atoms with Gasteiger partial charge in [-0.2, -0.15) is 0 Å². The van der Waals surface area contributed by atoms with Gasteiger partial charge < -0.3 is 10.1 Å². The van der Waals surface area contributed by atoms with Crippen molar-refractivity contribution >= 4 is 63.8 Å². The first-order valence-electron chi connectivity index (χ1n) is 12.5. The van der Waals surface area contributed by atoms with Gasteiger partial charge in [-0.3, -0.25) is 23.7 Å². The number of aromatic nitrogens is 1. The fourth-order valence-electron chi connectivity index (χ4n) is 5.15. The van der Waals surface area contributed by atoms with E-state index >= 15 is 0 Å². The Bertz CT molecular complexity index is 1720. The predicted molar refractivity (Wildman–Crippen MR) is 156 cm³/mol. The van der Waals surface area contributed by atoms with Crippen LogP contribution in [0.5, 0.6) is 5.75 Å². The van der Waals surface area contributed by atoms with E-state index in [0.717, 1.165) is 33.6 Å². The molecule has 6 rings (SSSR count). The number of nitrogens with one attached hydrogen (secondary N) is 1. The van der Waals surface area contributed by atoms with Crippen LogP contribution < -0.4 is 19.8 Å². The minimum atomic E-state index is -0.855. The number of halogens is 2. The molecule has 3 atom stereocenters. The van der Waals surface area contributed by atoms with E-state index in [1.54, 1.807) is 55.6 Å². The minimum absolute atomic E-state index is 0.271. The van der Waals surface area contributed by atoms with Gasteiger partial charge in [-0.05, 0) is 66.2 Å². The zero-order valence-corrected chi connectivity index (χ0v) is 23.8. The summed E-state index contributed by atoms with van der Waals surface area (Å²) in [6.07, 6.45) is 0. The van der Waals surface area contributed by atoms with E-state index < -0.39 is 40.6 Å². The lowest BCUT2D eigenvalue weighted by atomic mass is 9.83. The van der Waals surface area contributed by atoms with Crippen molar-refractivity contribution in [3.05, 3.63) is 104 Å². The van der Waals surface area contributed by atoms with E-state index in [-0.39, 0.29) is 17.1 Å². The number of ether oxygens (including phenoxy) is 1. The van der Waals surface area contributed by atoms with E-state index in [4.69, 9.17) is 16.3 Å². The number of fused-ring (bicyclic) bond motifs is 2. The van der Waals surface area contributed by atoms with Gasteiger partial charge >= 0.3 is 4.87 Å². The van der Waals surface area contributed by atoms with Gasteiger partial charge in [0.15, 0.2) is 0 Å². The number of methoxy groups -OCH3 is 1. The largest absolute Gasteiger partial charge is 0.497 e. The van der Waals surface area contributed by atoms with Crippen LogP contribution in [0.2, 0.25) is 5.02 Å². The normalized spacial score (nSPS) is 19.6. The highest BCUT2D eigenvalue weighted by atomic mass is 35.5. The summed E-state index contributed by atoms with van der Waals surface area (Å²) in [5, 5.41) is 2.89. The molecular weight excluding hydrogens is 589 g/mol. The first kappa shape index (κ1) is 27.3. The molecule has 3 heterocycles. The van der Waals surface area contributed by atoms with Gasteiger partial charge in [-0.25, -0.2) is 9.29 Å². The Morgan fingerprint density at radius 1 is 0.976 bits per heavy atom. The van der Waals surface area contributed by atoms with Gasteiger partial charge in [0.05, 0.1) is 23.7 Å². The number of benzene rings is 3. The van der Waals surface area contributed by atoms with Crippen LogP contribution in [0.3, 0.4) is 0 Å². The number of carbonyl (C=O) groups excluding carboxylic acids is 3. The number of imide groups is 1. The molecule has 0 unspecified atom stereocenters. The van der Waals surface area contributed by atoms with Gasteiger partial charge in [0.2, 0.25) is 17.7 Å². The van der Waals surface area contributed by atoms with E-state index in [1.807, 2.05) is 0 Å². The second kappa shape index (κ2) is 10.8. The monoisotopic (exact) mass is 609 g/mol. The topological polar surface area (TPSA) is 97.7 Å². The van der Waals surface area contributed by atoms with Crippen molar-refractivity contribution < 1.29 is 23.5 Å². The van der Waals surface area contributed by atoms with E-state index in [1.165, 1.54) is 28.8 Å². The van der Waals surface area contributed by atoms with E-state index in [9.17, 15) is 23.6 Å². The van der Waals surface area contributed by atoms with Crippen molar-refractivity contribution in [2.24, 2.45) is 5.92 Å². The third-order valence-electron chi connectivity index (χ3n) is 7.04. The fourth-order valence-corrected chi connectivity index (χ4v) is 8.05. The lowest BCUT2D eigenvalue weighted by Crippen LogP contribution is -2.33. The van der Waals surface area contributed by atoms with Gasteiger partial charge in [0.25, 0.3) is 0 Å². The van der Waals surface area contributed by atoms with Crippen LogP contribution in [0.4, 0.5) is 15.8 Å². The van der Waals surface area contributed by atoms with Crippen molar-refractivity contribution in [3.8, 4) is 5.75 Å². The highest BCUT2D eigenvalue weighted by molar-refractivity contribution is 8.00. The molecule has 2 aliphatic rings. The summed E-state index contributed by atoms with van der Waals surface area (Å²) in [6.45, 7) is -0.281. The number of thioether (sulfide) groups is 1. The highest BCUT2D eigenvalue weighted by Gasteiger charge is 2.56. The molecule has 0 spiro atoms. The molecule has 0 bridgehead atoms. The first-order chi connectivity index (χ1) is 19.7. The number of anilines is 2. The van der Waals surface area contributed by atoms with Gasteiger partial charge in [0, 0.05) is 21.5 Å². The maximum Gasteiger partial charge on any atom is 0.308 e. The molecule has 0 saturated carbocycles. The Balaban J connectivity index is 1.40. The van der Waals surface area contributed by atoms with E-state index in [2.05, 4.69) is 5.32 Å². The summed E-state index contributed by atoms with van der Waals surface area (Å²) in [7, 11) is 1.54. The van der Waals surface area contributed by atoms with Crippen LogP contribution in [-0.2, 0) is 20.9 Å². The third kappa shape index (κ3) is 4.94. The molecule has 1 N–H and O–H groups in total.